The zero-order valence-electron chi connectivity index (χ0n) is 9.26. The van der Waals surface area contributed by atoms with Gasteiger partial charge in [0.15, 0.2) is 5.69 Å². The molecule has 0 fully saturated rings. The normalized spacial score (nSPS) is 11.7. The van der Waals surface area contributed by atoms with Crippen molar-refractivity contribution in [3.63, 3.8) is 0 Å². The van der Waals surface area contributed by atoms with Crippen LogP contribution >= 0.6 is 0 Å². The highest BCUT2D eigenvalue weighted by molar-refractivity contribution is 5.03. The molecule has 0 bridgehead atoms. The summed E-state index contributed by atoms with van der Waals surface area (Å²) in [6.07, 6.45) is -1.61. The first-order valence-corrected chi connectivity index (χ1v) is 5.23. The Kier molecular flexibility index (Phi) is 3.22. The summed E-state index contributed by atoms with van der Waals surface area (Å²) in [5.74, 6) is 0. The Morgan fingerprint density at radius 3 is 2.50 bits per heavy atom. The summed E-state index contributed by atoms with van der Waals surface area (Å²) in [6, 6.07) is 5.60. The van der Waals surface area contributed by atoms with Crippen LogP contribution in [0.5, 0.6) is 0 Å². The van der Waals surface area contributed by atoms with Crippen LogP contribution in [0, 0.1) is 0 Å². The maximum Gasteiger partial charge on any atom is 0.435 e. The molecule has 18 heavy (non-hydrogen) atoms. The number of halogens is 3. The molecule has 0 radical (unpaired) electrons. The van der Waals surface area contributed by atoms with E-state index in [1.165, 1.54) is 21.5 Å². The summed E-state index contributed by atoms with van der Waals surface area (Å²) in [5, 5.41) is 3.40. The topological polar surface area (TPSA) is 39.8 Å². The van der Waals surface area contributed by atoms with Crippen LogP contribution in [0.15, 0.2) is 41.5 Å². The standard InChI is InChI=1S/C11H10F3N3O/c12-11(13,14)9-4-6-17(15-9)8-7-16-5-2-1-3-10(16)18/h1-6H,7-8H2. The molecule has 96 valence electrons. The van der Waals surface area contributed by atoms with E-state index >= 15 is 0 Å². The molecule has 0 unspecified atom stereocenters. The second kappa shape index (κ2) is 4.67. The fourth-order valence-electron chi connectivity index (χ4n) is 1.49. The first-order valence-electron chi connectivity index (χ1n) is 5.23. The zero-order chi connectivity index (χ0) is 13.2. The van der Waals surface area contributed by atoms with Crippen molar-refractivity contribution >= 4 is 0 Å². The molecule has 2 aromatic rings. The van der Waals surface area contributed by atoms with Gasteiger partial charge in [0.05, 0.1) is 6.54 Å². The van der Waals surface area contributed by atoms with Gasteiger partial charge in [-0.15, -0.1) is 0 Å². The van der Waals surface area contributed by atoms with Gasteiger partial charge in [0.25, 0.3) is 5.56 Å². The molecule has 0 saturated carbocycles. The summed E-state index contributed by atoms with van der Waals surface area (Å²) in [7, 11) is 0. The zero-order valence-corrected chi connectivity index (χ0v) is 9.26. The Morgan fingerprint density at radius 2 is 1.89 bits per heavy atom. The van der Waals surface area contributed by atoms with Crippen LogP contribution in [-0.4, -0.2) is 14.3 Å². The van der Waals surface area contributed by atoms with Crippen LogP contribution in [0.3, 0.4) is 0 Å². The Labute approximate surface area is 100 Å². The number of nitrogens with zero attached hydrogens (tertiary/aromatic N) is 3. The molecule has 0 amide bonds. The van der Waals surface area contributed by atoms with E-state index in [-0.39, 0.29) is 18.6 Å². The summed E-state index contributed by atoms with van der Waals surface area (Å²) in [4.78, 5) is 11.4. The molecule has 0 atom stereocenters. The summed E-state index contributed by atoms with van der Waals surface area (Å²) in [6.45, 7) is 0.485. The molecule has 0 aliphatic carbocycles. The van der Waals surface area contributed by atoms with Crippen LogP contribution < -0.4 is 5.56 Å². The third-order valence-corrected chi connectivity index (χ3v) is 2.40. The largest absolute Gasteiger partial charge is 0.435 e. The molecule has 0 spiro atoms. The second-order valence-corrected chi connectivity index (χ2v) is 3.69. The molecular formula is C11H10F3N3O. The second-order valence-electron chi connectivity index (χ2n) is 3.69. The molecule has 2 heterocycles. The van der Waals surface area contributed by atoms with Crippen molar-refractivity contribution in [3.8, 4) is 0 Å². The predicted molar refractivity (Wildman–Crippen MR) is 57.9 cm³/mol. The lowest BCUT2D eigenvalue weighted by Gasteiger charge is -2.05. The molecule has 4 nitrogen and oxygen atoms in total. The van der Waals surface area contributed by atoms with Crippen molar-refractivity contribution in [2.45, 2.75) is 19.3 Å². The fourth-order valence-corrected chi connectivity index (χ4v) is 1.49. The minimum Gasteiger partial charge on any atom is -0.314 e. The molecular weight excluding hydrogens is 247 g/mol. The van der Waals surface area contributed by atoms with E-state index in [1.54, 1.807) is 18.3 Å². The van der Waals surface area contributed by atoms with E-state index in [0.29, 0.717) is 0 Å². The molecule has 0 aromatic carbocycles. The van der Waals surface area contributed by atoms with E-state index in [2.05, 4.69) is 5.10 Å². The number of pyridine rings is 1. The van der Waals surface area contributed by atoms with Crippen LogP contribution in [0.2, 0.25) is 0 Å². The van der Waals surface area contributed by atoms with Crippen molar-refractivity contribution in [2.75, 3.05) is 0 Å². The molecule has 0 N–H and O–H groups in total. The maximum atomic E-state index is 12.3. The van der Waals surface area contributed by atoms with Gasteiger partial charge in [-0.1, -0.05) is 6.07 Å². The molecule has 2 rings (SSSR count). The molecule has 0 aliphatic heterocycles. The highest BCUT2D eigenvalue weighted by atomic mass is 19.4. The Hall–Kier alpha value is -2.05. The number of hydrogen-bond acceptors (Lipinski definition) is 2. The van der Waals surface area contributed by atoms with Gasteiger partial charge >= 0.3 is 6.18 Å². The number of hydrogen-bond donors (Lipinski definition) is 0. The summed E-state index contributed by atoms with van der Waals surface area (Å²) >= 11 is 0. The van der Waals surface area contributed by atoms with Crippen LogP contribution in [0.4, 0.5) is 13.2 Å². The average Bonchev–Trinajstić information content (AvgIpc) is 2.76. The summed E-state index contributed by atoms with van der Waals surface area (Å²) < 4.78 is 39.5. The lowest BCUT2D eigenvalue weighted by atomic mass is 10.4. The van der Waals surface area contributed by atoms with Crippen molar-refractivity contribution in [2.24, 2.45) is 0 Å². The summed E-state index contributed by atoms with van der Waals surface area (Å²) in [5.41, 5.74) is -1.12. The Bertz CT molecular complexity index is 585. The fraction of sp³-hybridized carbons (Fsp3) is 0.273. The maximum absolute atomic E-state index is 12.3. The number of alkyl halides is 3. The van der Waals surface area contributed by atoms with E-state index in [4.69, 9.17) is 0 Å². The number of aryl methyl sites for hydroxylation is 2. The SMILES string of the molecule is O=c1ccccn1CCn1ccc(C(F)(F)F)n1. The molecule has 2 aromatic heterocycles. The Balaban J connectivity index is 2.06. The van der Waals surface area contributed by atoms with Gasteiger partial charge in [0.2, 0.25) is 0 Å². The van der Waals surface area contributed by atoms with E-state index < -0.39 is 11.9 Å². The third-order valence-electron chi connectivity index (χ3n) is 2.40. The number of aromatic nitrogens is 3. The van der Waals surface area contributed by atoms with Gasteiger partial charge in [0, 0.05) is 25.0 Å². The van der Waals surface area contributed by atoms with Gasteiger partial charge in [-0.3, -0.25) is 9.48 Å². The third kappa shape index (κ3) is 2.79. The first kappa shape index (κ1) is 12.4. The van der Waals surface area contributed by atoms with Crippen molar-refractivity contribution in [1.29, 1.82) is 0 Å². The van der Waals surface area contributed by atoms with E-state index in [0.717, 1.165) is 6.07 Å². The van der Waals surface area contributed by atoms with E-state index in [1.807, 2.05) is 0 Å². The lowest BCUT2D eigenvalue weighted by Crippen LogP contribution is -2.20. The van der Waals surface area contributed by atoms with Crippen LogP contribution in [0.1, 0.15) is 5.69 Å². The quantitative estimate of drug-likeness (QED) is 0.840. The minimum atomic E-state index is -4.44. The van der Waals surface area contributed by atoms with Gasteiger partial charge in [-0.05, 0) is 12.1 Å². The van der Waals surface area contributed by atoms with Crippen molar-refractivity contribution in [1.82, 2.24) is 14.3 Å². The lowest BCUT2D eigenvalue weighted by molar-refractivity contribution is -0.141. The first-order chi connectivity index (χ1) is 8.47. The Morgan fingerprint density at radius 1 is 1.11 bits per heavy atom. The molecule has 7 heteroatoms. The highest BCUT2D eigenvalue weighted by Crippen LogP contribution is 2.27. The van der Waals surface area contributed by atoms with Gasteiger partial charge < -0.3 is 4.57 Å². The van der Waals surface area contributed by atoms with Crippen molar-refractivity contribution in [3.05, 3.63) is 52.7 Å². The molecule has 0 aliphatic rings. The van der Waals surface area contributed by atoms with Crippen LogP contribution in [-0.2, 0) is 19.3 Å². The van der Waals surface area contributed by atoms with E-state index in [9.17, 15) is 18.0 Å². The molecule has 0 saturated heterocycles. The van der Waals surface area contributed by atoms with Crippen molar-refractivity contribution < 1.29 is 13.2 Å². The van der Waals surface area contributed by atoms with Gasteiger partial charge in [0.1, 0.15) is 0 Å². The average molecular weight is 257 g/mol. The van der Waals surface area contributed by atoms with Gasteiger partial charge in [-0.2, -0.15) is 18.3 Å². The van der Waals surface area contributed by atoms with Crippen LogP contribution in [0.25, 0.3) is 0 Å². The smallest absolute Gasteiger partial charge is 0.314 e. The monoisotopic (exact) mass is 257 g/mol. The predicted octanol–water partition coefficient (Wildman–Crippen LogP) is 1.76. The number of rotatable bonds is 3. The highest BCUT2D eigenvalue weighted by Gasteiger charge is 2.33. The minimum absolute atomic E-state index is 0.194. The van der Waals surface area contributed by atoms with Gasteiger partial charge in [-0.25, -0.2) is 0 Å².